The minimum atomic E-state index is -0.521. The summed E-state index contributed by atoms with van der Waals surface area (Å²) in [6.07, 6.45) is 4.19. The van der Waals surface area contributed by atoms with Crippen LogP contribution in [0.1, 0.15) is 17.0 Å². The first-order valence-corrected chi connectivity index (χ1v) is 11.1. The normalized spacial score (nSPS) is 11.1. The minimum absolute atomic E-state index is 0.279. The molecule has 0 aliphatic carbocycles. The van der Waals surface area contributed by atoms with Crippen molar-refractivity contribution in [2.45, 2.75) is 19.9 Å². The molecule has 174 valence electrons. The van der Waals surface area contributed by atoms with Gasteiger partial charge in [-0.2, -0.15) is 14.9 Å². The van der Waals surface area contributed by atoms with Crippen molar-refractivity contribution in [3.63, 3.8) is 0 Å². The summed E-state index contributed by atoms with van der Waals surface area (Å²) in [5.41, 5.74) is 7.56. The third kappa shape index (κ3) is 5.56. The lowest BCUT2D eigenvalue weighted by molar-refractivity contribution is -0.122. The Kier molecular flexibility index (Phi) is 7.13. The maximum Gasteiger partial charge on any atom is 0.367 e. The third-order valence-corrected chi connectivity index (χ3v) is 5.30. The molecule has 0 aliphatic rings. The highest BCUT2D eigenvalue weighted by Gasteiger charge is 2.13. The highest BCUT2D eigenvalue weighted by molar-refractivity contribution is 7.80. The lowest BCUT2D eigenvalue weighted by Crippen LogP contribution is -2.48. The number of benzene rings is 2. The average molecular weight is 477 g/mol. The fourth-order valence-electron chi connectivity index (χ4n) is 3.38. The summed E-state index contributed by atoms with van der Waals surface area (Å²) in [5, 5.41) is 12.7. The first-order valence-electron chi connectivity index (χ1n) is 10.6. The van der Waals surface area contributed by atoms with E-state index in [1.807, 2.05) is 60.8 Å². The van der Waals surface area contributed by atoms with E-state index >= 15 is 0 Å². The number of hydrogen-bond donors (Lipinski definition) is 4. The molecule has 10 nitrogen and oxygen atoms in total. The second-order valence-corrected chi connectivity index (χ2v) is 7.91. The van der Waals surface area contributed by atoms with Crippen LogP contribution in [-0.4, -0.2) is 43.2 Å². The van der Waals surface area contributed by atoms with Crippen molar-refractivity contribution in [1.29, 1.82) is 0 Å². The van der Waals surface area contributed by atoms with Crippen molar-refractivity contribution in [2.75, 3.05) is 6.54 Å². The van der Waals surface area contributed by atoms with Gasteiger partial charge in [-0.15, -0.1) is 0 Å². The van der Waals surface area contributed by atoms with Crippen molar-refractivity contribution in [3.05, 3.63) is 88.2 Å². The van der Waals surface area contributed by atoms with Crippen LogP contribution >= 0.6 is 12.2 Å². The van der Waals surface area contributed by atoms with E-state index < -0.39 is 11.6 Å². The van der Waals surface area contributed by atoms with Crippen LogP contribution in [0.15, 0.2) is 70.7 Å². The van der Waals surface area contributed by atoms with Gasteiger partial charge in [0.15, 0.2) is 10.9 Å². The predicted molar refractivity (Wildman–Crippen MR) is 135 cm³/mol. The average Bonchev–Trinajstić information content (AvgIpc) is 3.37. The molecule has 1 amide bonds. The Morgan fingerprint density at radius 2 is 1.91 bits per heavy atom. The highest BCUT2D eigenvalue weighted by atomic mass is 32.1. The van der Waals surface area contributed by atoms with E-state index in [9.17, 15) is 9.59 Å². The number of fused-ring (bicyclic) bond motifs is 1. The number of aryl methyl sites for hydroxylation is 1. The molecule has 4 aromatic rings. The summed E-state index contributed by atoms with van der Waals surface area (Å²) in [5.74, 6) is -0.112. The van der Waals surface area contributed by atoms with Crippen molar-refractivity contribution in [3.8, 4) is 0 Å². The van der Waals surface area contributed by atoms with Gasteiger partial charge in [0.05, 0.1) is 6.21 Å². The summed E-state index contributed by atoms with van der Waals surface area (Å²) < 4.78 is 2.20. The molecule has 0 fully saturated rings. The summed E-state index contributed by atoms with van der Waals surface area (Å²) in [7, 11) is 0. The Morgan fingerprint density at radius 3 is 2.74 bits per heavy atom. The molecule has 0 radical (unpaired) electrons. The number of carbonyl (C=O) groups excluding carboxylic acids is 1. The third-order valence-electron chi connectivity index (χ3n) is 5.06. The van der Waals surface area contributed by atoms with Gasteiger partial charge in [0.25, 0.3) is 5.91 Å². The molecule has 4 N–H and O–H groups in total. The molecule has 2 aromatic carbocycles. The molecule has 0 atom stereocenters. The molecule has 0 saturated heterocycles. The van der Waals surface area contributed by atoms with E-state index in [1.165, 1.54) is 5.56 Å². The predicted octanol–water partition coefficient (Wildman–Crippen LogP) is 1.45. The summed E-state index contributed by atoms with van der Waals surface area (Å²) >= 11 is 5.16. The number of carbonyl (C=O) groups is 1. The van der Waals surface area contributed by atoms with Gasteiger partial charge in [0, 0.05) is 29.2 Å². The molecule has 0 bridgehead atoms. The molecule has 0 spiro atoms. The van der Waals surface area contributed by atoms with Gasteiger partial charge >= 0.3 is 5.69 Å². The molecular weight excluding hydrogens is 452 g/mol. The zero-order valence-corrected chi connectivity index (χ0v) is 19.3. The fraction of sp³-hybridized carbons (Fsp3) is 0.174. The first-order chi connectivity index (χ1) is 16.5. The lowest BCUT2D eigenvalue weighted by Gasteiger charge is -2.11. The number of nitrogens with one attached hydrogen (secondary N) is 4. The van der Waals surface area contributed by atoms with E-state index in [1.54, 1.807) is 13.1 Å². The minimum Gasteiger partial charge on any atom is -0.361 e. The number of aromatic amines is 1. The second-order valence-electron chi connectivity index (χ2n) is 7.50. The SMILES string of the molecule is Cc1nn(CC(=O)NNC(=S)NCCc2ccccc2)c(=O)n1/N=C\c1c[nH]c2ccccc12. The van der Waals surface area contributed by atoms with Gasteiger partial charge in [-0.05, 0) is 37.2 Å². The molecule has 0 saturated carbocycles. The zero-order chi connectivity index (χ0) is 23.9. The molecule has 2 aromatic heterocycles. The summed E-state index contributed by atoms with van der Waals surface area (Å²) in [4.78, 5) is 28.1. The molecular formula is C23H24N8O2S. The number of aromatic nitrogens is 4. The lowest BCUT2D eigenvalue weighted by atomic mass is 10.1. The quantitative estimate of drug-likeness (QED) is 0.182. The van der Waals surface area contributed by atoms with Crippen LogP contribution in [0.4, 0.5) is 0 Å². The molecule has 0 unspecified atom stereocenters. The summed E-state index contributed by atoms with van der Waals surface area (Å²) in [6, 6.07) is 17.8. The standard InChI is InChI=1S/C23H24N8O2S/c1-16-29-30(15-21(32)27-28-22(34)24-12-11-17-7-3-2-4-8-17)23(33)31(16)26-14-18-13-25-20-10-6-5-9-19(18)20/h2-10,13-14,25H,11-12,15H2,1H3,(H,27,32)(H2,24,28,34)/b26-14-. The number of H-pyrrole nitrogens is 1. The number of nitrogens with zero attached hydrogens (tertiary/aromatic N) is 4. The molecule has 11 heteroatoms. The van der Waals surface area contributed by atoms with Gasteiger partial charge < -0.3 is 10.3 Å². The van der Waals surface area contributed by atoms with Crippen molar-refractivity contribution in [2.24, 2.45) is 5.10 Å². The topological polar surface area (TPSA) is 121 Å². The molecule has 34 heavy (non-hydrogen) atoms. The van der Waals surface area contributed by atoms with E-state index in [4.69, 9.17) is 12.2 Å². The first kappa shape index (κ1) is 22.9. The van der Waals surface area contributed by atoms with Gasteiger partial charge in [-0.25, -0.2) is 9.48 Å². The Labute approximate surface area is 200 Å². The smallest absolute Gasteiger partial charge is 0.361 e. The number of para-hydroxylation sites is 1. The van der Waals surface area contributed by atoms with E-state index in [2.05, 4.69) is 31.4 Å². The largest absolute Gasteiger partial charge is 0.367 e. The number of hydrogen-bond acceptors (Lipinski definition) is 5. The van der Waals surface area contributed by atoms with Crippen LogP contribution in [0.5, 0.6) is 0 Å². The van der Waals surface area contributed by atoms with Gasteiger partial charge in [-0.3, -0.25) is 15.6 Å². The molecule has 0 aliphatic heterocycles. The Hall–Kier alpha value is -4.25. The van der Waals surface area contributed by atoms with E-state index in [-0.39, 0.29) is 11.7 Å². The molecule has 2 heterocycles. The van der Waals surface area contributed by atoms with Gasteiger partial charge in [-0.1, -0.05) is 48.5 Å². The van der Waals surface area contributed by atoms with Crippen LogP contribution in [0.3, 0.4) is 0 Å². The van der Waals surface area contributed by atoms with Crippen molar-refractivity contribution >= 4 is 40.4 Å². The molecule has 4 rings (SSSR count). The van der Waals surface area contributed by atoms with Crippen LogP contribution in [0.2, 0.25) is 0 Å². The number of thiocarbonyl (C=S) groups is 1. The van der Waals surface area contributed by atoms with Crippen molar-refractivity contribution in [1.82, 2.24) is 35.6 Å². The Morgan fingerprint density at radius 1 is 1.15 bits per heavy atom. The van der Waals surface area contributed by atoms with E-state index in [0.29, 0.717) is 12.4 Å². The number of amides is 1. The van der Waals surface area contributed by atoms with Crippen LogP contribution in [0, 0.1) is 6.92 Å². The maximum absolute atomic E-state index is 12.7. The Bertz CT molecular complexity index is 1390. The van der Waals surface area contributed by atoms with Crippen LogP contribution < -0.4 is 21.9 Å². The number of rotatable bonds is 7. The van der Waals surface area contributed by atoms with Gasteiger partial charge in [0.1, 0.15) is 6.54 Å². The highest BCUT2D eigenvalue weighted by Crippen LogP contribution is 2.15. The maximum atomic E-state index is 12.7. The number of hydrazine groups is 1. The zero-order valence-electron chi connectivity index (χ0n) is 18.5. The monoisotopic (exact) mass is 476 g/mol. The second kappa shape index (κ2) is 10.6. The summed E-state index contributed by atoms with van der Waals surface area (Å²) in [6.45, 7) is 1.98. The fourth-order valence-corrected chi connectivity index (χ4v) is 3.53. The van der Waals surface area contributed by atoms with Crippen LogP contribution in [0.25, 0.3) is 10.9 Å². The van der Waals surface area contributed by atoms with E-state index in [0.717, 1.165) is 32.2 Å². The van der Waals surface area contributed by atoms with Crippen LogP contribution in [-0.2, 0) is 17.8 Å². The van der Waals surface area contributed by atoms with Gasteiger partial charge in [0.2, 0.25) is 0 Å². The van der Waals surface area contributed by atoms with Crippen molar-refractivity contribution < 1.29 is 4.79 Å². The Balaban J connectivity index is 1.30.